The maximum Gasteiger partial charge on any atom is 0.178 e. The largest absolute Gasteiger partial charge is 0.313 e. The lowest BCUT2D eigenvalue weighted by atomic mass is 10.3. The monoisotopic (exact) mass is 306 g/mol. The first-order valence-corrected chi connectivity index (χ1v) is 6.72. The zero-order chi connectivity index (χ0) is 12.8. The van der Waals surface area contributed by atoms with E-state index in [1.807, 2.05) is 24.5 Å². The van der Waals surface area contributed by atoms with Crippen molar-refractivity contribution in [1.82, 2.24) is 20.3 Å². The molecule has 4 nitrogen and oxygen atoms in total. The van der Waals surface area contributed by atoms with Crippen molar-refractivity contribution in [2.45, 2.75) is 19.9 Å². The van der Waals surface area contributed by atoms with E-state index in [0.717, 1.165) is 35.2 Å². The first-order chi connectivity index (χ1) is 8.79. The fraction of sp³-hybridized carbons (Fsp3) is 0.308. The van der Waals surface area contributed by atoms with Crippen molar-refractivity contribution < 1.29 is 0 Å². The standard InChI is InChI=1S/C13H15BrN4/c1-2-5-15-6-10-7-17-13(18-8-10)12-4-3-11(14)9-16-12/h3-4,7-9,15H,2,5-6H2,1H3. The van der Waals surface area contributed by atoms with Gasteiger partial charge in [-0.3, -0.25) is 4.98 Å². The second-order valence-corrected chi connectivity index (χ2v) is 4.87. The lowest BCUT2D eigenvalue weighted by Crippen LogP contribution is -2.14. The molecule has 0 unspecified atom stereocenters. The Balaban J connectivity index is 2.05. The minimum Gasteiger partial charge on any atom is -0.313 e. The van der Waals surface area contributed by atoms with E-state index >= 15 is 0 Å². The van der Waals surface area contributed by atoms with Gasteiger partial charge in [-0.25, -0.2) is 9.97 Å². The van der Waals surface area contributed by atoms with Crippen molar-refractivity contribution in [3.63, 3.8) is 0 Å². The molecule has 18 heavy (non-hydrogen) atoms. The van der Waals surface area contributed by atoms with Crippen molar-refractivity contribution in [1.29, 1.82) is 0 Å². The lowest BCUT2D eigenvalue weighted by Gasteiger charge is -2.03. The van der Waals surface area contributed by atoms with E-state index < -0.39 is 0 Å². The normalized spacial score (nSPS) is 10.6. The molecule has 0 aliphatic rings. The van der Waals surface area contributed by atoms with E-state index in [-0.39, 0.29) is 0 Å². The fourth-order valence-electron chi connectivity index (χ4n) is 1.50. The molecular weight excluding hydrogens is 292 g/mol. The topological polar surface area (TPSA) is 50.7 Å². The molecule has 2 aromatic rings. The molecule has 0 saturated heterocycles. The van der Waals surface area contributed by atoms with E-state index in [1.165, 1.54) is 0 Å². The van der Waals surface area contributed by atoms with Gasteiger partial charge in [0.05, 0.1) is 0 Å². The van der Waals surface area contributed by atoms with Gasteiger partial charge in [0.15, 0.2) is 5.82 Å². The Bertz CT molecular complexity index is 481. The summed E-state index contributed by atoms with van der Waals surface area (Å²) in [5.41, 5.74) is 1.87. The van der Waals surface area contributed by atoms with E-state index in [4.69, 9.17) is 0 Å². The number of halogens is 1. The zero-order valence-electron chi connectivity index (χ0n) is 10.2. The number of aromatic nitrogens is 3. The van der Waals surface area contributed by atoms with Crippen LogP contribution in [0.4, 0.5) is 0 Å². The van der Waals surface area contributed by atoms with Crippen LogP contribution in [0, 0.1) is 0 Å². The molecule has 0 aromatic carbocycles. The third kappa shape index (κ3) is 3.58. The van der Waals surface area contributed by atoms with Crippen LogP contribution in [0.2, 0.25) is 0 Å². The minimum absolute atomic E-state index is 0.654. The minimum atomic E-state index is 0.654. The van der Waals surface area contributed by atoms with Crippen LogP contribution < -0.4 is 5.32 Å². The first-order valence-electron chi connectivity index (χ1n) is 5.93. The molecule has 0 spiro atoms. The zero-order valence-corrected chi connectivity index (χ0v) is 11.8. The van der Waals surface area contributed by atoms with Gasteiger partial charge in [-0.05, 0) is 41.0 Å². The molecule has 0 atom stereocenters. The highest BCUT2D eigenvalue weighted by Gasteiger charge is 2.02. The third-order valence-electron chi connectivity index (χ3n) is 2.42. The van der Waals surface area contributed by atoms with Gasteiger partial charge < -0.3 is 5.32 Å². The van der Waals surface area contributed by atoms with Gasteiger partial charge >= 0.3 is 0 Å². The van der Waals surface area contributed by atoms with Crippen LogP contribution in [0.1, 0.15) is 18.9 Å². The van der Waals surface area contributed by atoms with Crippen molar-refractivity contribution in [2.24, 2.45) is 0 Å². The summed E-state index contributed by atoms with van der Waals surface area (Å²) in [5, 5.41) is 3.32. The van der Waals surface area contributed by atoms with Gasteiger partial charge in [-0.1, -0.05) is 6.92 Å². The average Bonchev–Trinajstić information content (AvgIpc) is 2.41. The molecule has 0 amide bonds. The van der Waals surface area contributed by atoms with Crippen LogP contribution >= 0.6 is 15.9 Å². The Kier molecular flexibility index (Phi) is 4.78. The number of pyridine rings is 1. The van der Waals surface area contributed by atoms with Crippen molar-refractivity contribution >= 4 is 15.9 Å². The molecule has 0 aliphatic carbocycles. The van der Waals surface area contributed by atoms with Gasteiger partial charge in [0, 0.05) is 35.2 Å². The maximum atomic E-state index is 4.33. The molecule has 94 valence electrons. The lowest BCUT2D eigenvalue weighted by molar-refractivity contribution is 0.672. The van der Waals surface area contributed by atoms with Crippen molar-refractivity contribution in [3.05, 3.63) is 40.8 Å². The number of hydrogen-bond donors (Lipinski definition) is 1. The van der Waals surface area contributed by atoms with E-state index in [0.29, 0.717) is 5.82 Å². The maximum absolute atomic E-state index is 4.33. The molecule has 0 bridgehead atoms. The van der Waals surface area contributed by atoms with E-state index in [9.17, 15) is 0 Å². The van der Waals surface area contributed by atoms with Crippen LogP contribution in [0.3, 0.4) is 0 Å². The van der Waals surface area contributed by atoms with Crippen LogP contribution in [0.25, 0.3) is 11.5 Å². The molecule has 2 rings (SSSR count). The van der Waals surface area contributed by atoms with E-state index in [1.54, 1.807) is 6.20 Å². The SMILES string of the molecule is CCCNCc1cnc(-c2ccc(Br)cn2)nc1. The molecule has 1 N–H and O–H groups in total. The Morgan fingerprint density at radius 1 is 1.11 bits per heavy atom. The highest BCUT2D eigenvalue weighted by atomic mass is 79.9. The highest BCUT2D eigenvalue weighted by Crippen LogP contribution is 2.14. The summed E-state index contributed by atoms with van der Waals surface area (Å²) in [7, 11) is 0. The van der Waals surface area contributed by atoms with Gasteiger partial charge in [-0.2, -0.15) is 0 Å². The van der Waals surface area contributed by atoms with Crippen LogP contribution in [-0.4, -0.2) is 21.5 Å². The first kappa shape index (κ1) is 13.1. The number of rotatable bonds is 5. The summed E-state index contributed by atoms with van der Waals surface area (Å²) in [5.74, 6) is 0.654. The average molecular weight is 307 g/mol. The Hall–Kier alpha value is -1.33. The molecule has 2 heterocycles. The smallest absolute Gasteiger partial charge is 0.178 e. The van der Waals surface area contributed by atoms with Crippen LogP contribution in [0.5, 0.6) is 0 Å². The second-order valence-electron chi connectivity index (χ2n) is 3.95. The second kappa shape index (κ2) is 6.56. The Morgan fingerprint density at radius 3 is 2.50 bits per heavy atom. The molecule has 0 fully saturated rings. The van der Waals surface area contributed by atoms with Gasteiger partial charge in [-0.15, -0.1) is 0 Å². The molecule has 2 aromatic heterocycles. The Morgan fingerprint density at radius 2 is 1.89 bits per heavy atom. The van der Waals surface area contributed by atoms with Gasteiger partial charge in [0.2, 0.25) is 0 Å². The number of nitrogens with zero attached hydrogens (tertiary/aromatic N) is 3. The van der Waals surface area contributed by atoms with Gasteiger partial charge in [0.25, 0.3) is 0 Å². The number of nitrogens with one attached hydrogen (secondary N) is 1. The molecule has 0 radical (unpaired) electrons. The van der Waals surface area contributed by atoms with Gasteiger partial charge in [0.1, 0.15) is 5.69 Å². The summed E-state index contributed by atoms with van der Waals surface area (Å²) >= 11 is 3.35. The van der Waals surface area contributed by atoms with Crippen molar-refractivity contribution in [3.8, 4) is 11.5 Å². The summed E-state index contributed by atoms with van der Waals surface area (Å²) in [6, 6.07) is 3.83. The molecule has 0 saturated carbocycles. The van der Waals surface area contributed by atoms with E-state index in [2.05, 4.69) is 43.1 Å². The predicted molar refractivity (Wildman–Crippen MR) is 75.0 cm³/mol. The Labute approximate surface area is 115 Å². The third-order valence-corrected chi connectivity index (χ3v) is 2.89. The molecule has 5 heteroatoms. The van der Waals surface area contributed by atoms with Crippen LogP contribution in [0.15, 0.2) is 35.2 Å². The predicted octanol–water partition coefficient (Wildman–Crippen LogP) is 2.80. The van der Waals surface area contributed by atoms with Crippen molar-refractivity contribution in [2.75, 3.05) is 6.54 Å². The molecule has 0 aliphatic heterocycles. The van der Waals surface area contributed by atoms with Crippen LogP contribution in [-0.2, 0) is 6.54 Å². The molecular formula is C13H15BrN4. The summed E-state index contributed by atoms with van der Waals surface area (Å²) < 4.78 is 0.951. The summed E-state index contributed by atoms with van der Waals surface area (Å²) in [4.78, 5) is 12.9. The fourth-order valence-corrected chi connectivity index (χ4v) is 1.73. The number of hydrogen-bond acceptors (Lipinski definition) is 4. The highest BCUT2D eigenvalue weighted by molar-refractivity contribution is 9.10. The summed E-state index contributed by atoms with van der Waals surface area (Å²) in [6.45, 7) is 3.96. The quantitative estimate of drug-likeness (QED) is 0.863. The summed E-state index contributed by atoms with van der Waals surface area (Å²) in [6.07, 6.45) is 6.56.